The van der Waals surface area contributed by atoms with Crippen molar-refractivity contribution in [2.75, 3.05) is 18.9 Å². The van der Waals surface area contributed by atoms with Crippen LogP contribution in [0.1, 0.15) is 35.2 Å². The van der Waals surface area contributed by atoms with Crippen molar-refractivity contribution in [2.24, 2.45) is 0 Å². The quantitative estimate of drug-likeness (QED) is 0.578. The second kappa shape index (κ2) is 7.52. The molecule has 0 bridgehead atoms. The van der Waals surface area contributed by atoms with Gasteiger partial charge in [-0.25, -0.2) is 4.39 Å². The fraction of sp³-hybridized carbons (Fsp3) is 0.500. The fourth-order valence-corrected chi connectivity index (χ4v) is 2.13. The van der Waals surface area contributed by atoms with Gasteiger partial charge in [0.2, 0.25) is 0 Å². The minimum absolute atomic E-state index is 0.165. The van der Waals surface area contributed by atoms with E-state index >= 15 is 0 Å². The number of aryl methyl sites for hydroxylation is 1. The van der Waals surface area contributed by atoms with E-state index in [4.69, 9.17) is 0 Å². The first kappa shape index (κ1) is 15.2. The number of rotatable bonds is 6. The molecular weight excluding hydrogens is 297 g/mol. The Hall–Kier alpha value is -0.900. The molecule has 0 heterocycles. The average molecular weight is 316 g/mol. The maximum atomic E-state index is 13.6. The minimum atomic E-state index is -0.446. The average Bonchev–Trinajstić information content (AvgIpc) is 2.36. The van der Waals surface area contributed by atoms with Crippen molar-refractivity contribution >= 4 is 21.8 Å². The second-order valence-electron chi connectivity index (χ2n) is 4.46. The van der Waals surface area contributed by atoms with Crippen LogP contribution in [0, 0.1) is 12.7 Å². The molecule has 0 aliphatic rings. The maximum Gasteiger partial charge on any atom is 0.256 e. The summed E-state index contributed by atoms with van der Waals surface area (Å²) < 4.78 is 13.6. The fourth-order valence-electron chi connectivity index (χ4n) is 1.73. The third-order valence-corrected chi connectivity index (χ3v) is 3.39. The summed E-state index contributed by atoms with van der Waals surface area (Å²) in [4.78, 5) is 13.6. The molecule has 0 saturated carbocycles. The van der Waals surface area contributed by atoms with Crippen LogP contribution in [0.15, 0.2) is 18.2 Å². The van der Waals surface area contributed by atoms with Crippen LogP contribution in [0.4, 0.5) is 4.39 Å². The Kier molecular flexibility index (Phi) is 6.33. The third kappa shape index (κ3) is 4.41. The first-order valence-corrected chi connectivity index (χ1v) is 7.26. The van der Waals surface area contributed by atoms with Crippen LogP contribution in [-0.4, -0.2) is 29.7 Å². The van der Waals surface area contributed by atoms with Crippen molar-refractivity contribution in [3.8, 4) is 0 Å². The van der Waals surface area contributed by atoms with Gasteiger partial charge in [-0.05, 0) is 31.9 Å². The molecule has 0 N–H and O–H groups in total. The number of hydrogen-bond acceptors (Lipinski definition) is 1. The van der Waals surface area contributed by atoms with E-state index < -0.39 is 5.82 Å². The lowest BCUT2D eigenvalue weighted by molar-refractivity contribution is 0.0788. The van der Waals surface area contributed by atoms with Gasteiger partial charge in [-0.2, -0.15) is 0 Å². The largest absolute Gasteiger partial charge is 0.342 e. The number of alkyl halides is 1. The van der Waals surface area contributed by atoms with Crippen LogP contribution in [-0.2, 0) is 0 Å². The van der Waals surface area contributed by atoms with Gasteiger partial charge in [0.05, 0.1) is 5.56 Å². The first-order chi connectivity index (χ1) is 8.56. The summed E-state index contributed by atoms with van der Waals surface area (Å²) in [6.07, 6.45) is 3.11. The van der Waals surface area contributed by atoms with Crippen LogP contribution >= 0.6 is 15.9 Å². The summed E-state index contributed by atoms with van der Waals surface area (Å²) in [6, 6.07) is 4.62. The number of carbonyl (C=O) groups excluding carboxylic acids is 1. The lowest BCUT2D eigenvalue weighted by Gasteiger charge is -2.17. The van der Waals surface area contributed by atoms with E-state index in [9.17, 15) is 9.18 Å². The Labute approximate surface area is 116 Å². The van der Waals surface area contributed by atoms with Crippen LogP contribution in [0.2, 0.25) is 0 Å². The van der Waals surface area contributed by atoms with E-state index in [2.05, 4.69) is 15.9 Å². The Morgan fingerprint density at radius 2 is 2.06 bits per heavy atom. The zero-order chi connectivity index (χ0) is 13.5. The minimum Gasteiger partial charge on any atom is -0.342 e. The molecule has 1 rings (SSSR count). The van der Waals surface area contributed by atoms with Crippen molar-refractivity contribution in [3.05, 3.63) is 35.1 Å². The molecule has 0 spiro atoms. The number of unbranched alkanes of at least 4 members (excludes halogenated alkanes) is 2. The summed E-state index contributed by atoms with van der Waals surface area (Å²) >= 11 is 3.37. The van der Waals surface area contributed by atoms with Gasteiger partial charge in [0.1, 0.15) is 5.82 Å². The predicted molar refractivity (Wildman–Crippen MR) is 75.7 cm³/mol. The number of benzene rings is 1. The number of nitrogens with zero attached hydrogens (tertiary/aromatic N) is 1. The Balaban J connectivity index is 2.60. The molecule has 0 atom stereocenters. The Morgan fingerprint density at radius 1 is 1.33 bits per heavy atom. The van der Waals surface area contributed by atoms with Crippen molar-refractivity contribution in [3.63, 3.8) is 0 Å². The number of carbonyl (C=O) groups is 1. The summed E-state index contributed by atoms with van der Waals surface area (Å²) in [5.41, 5.74) is 1.06. The van der Waals surface area contributed by atoms with E-state index in [1.54, 1.807) is 24.1 Å². The molecule has 1 aromatic rings. The van der Waals surface area contributed by atoms with E-state index in [0.717, 1.165) is 30.2 Å². The van der Waals surface area contributed by atoms with Crippen molar-refractivity contribution in [1.29, 1.82) is 0 Å². The van der Waals surface area contributed by atoms with Gasteiger partial charge >= 0.3 is 0 Å². The van der Waals surface area contributed by atoms with Crippen molar-refractivity contribution in [1.82, 2.24) is 4.90 Å². The topological polar surface area (TPSA) is 20.3 Å². The van der Waals surface area contributed by atoms with Crippen LogP contribution in [0.5, 0.6) is 0 Å². The highest BCUT2D eigenvalue weighted by Gasteiger charge is 2.15. The van der Waals surface area contributed by atoms with Crippen LogP contribution in [0.3, 0.4) is 0 Å². The molecule has 1 aromatic carbocycles. The summed E-state index contributed by atoms with van der Waals surface area (Å²) in [5.74, 6) is -0.687. The molecule has 1 amide bonds. The molecule has 0 radical (unpaired) electrons. The molecule has 0 aliphatic carbocycles. The zero-order valence-corrected chi connectivity index (χ0v) is 12.5. The maximum absolute atomic E-state index is 13.6. The lowest BCUT2D eigenvalue weighted by Crippen LogP contribution is -2.28. The van der Waals surface area contributed by atoms with Gasteiger partial charge in [0.25, 0.3) is 5.91 Å². The molecule has 0 aromatic heterocycles. The Morgan fingerprint density at radius 3 is 2.72 bits per heavy atom. The van der Waals surface area contributed by atoms with E-state index in [-0.39, 0.29) is 11.5 Å². The van der Waals surface area contributed by atoms with Gasteiger partial charge in [-0.15, -0.1) is 0 Å². The molecule has 18 heavy (non-hydrogen) atoms. The van der Waals surface area contributed by atoms with Crippen LogP contribution < -0.4 is 0 Å². The summed E-state index contributed by atoms with van der Waals surface area (Å²) in [5, 5.41) is 0.983. The van der Waals surface area contributed by atoms with Gasteiger partial charge in [-0.1, -0.05) is 34.0 Å². The van der Waals surface area contributed by atoms with Crippen molar-refractivity contribution in [2.45, 2.75) is 26.2 Å². The van der Waals surface area contributed by atoms with E-state index in [1.807, 2.05) is 6.92 Å². The highest BCUT2D eigenvalue weighted by atomic mass is 79.9. The third-order valence-electron chi connectivity index (χ3n) is 2.83. The monoisotopic (exact) mass is 315 g/mol. The van der Waals surface area contributed by atoms with Gasteiger partial charge in [0, 0.05) is 18.9 Å². The predicted octanol–water partition coefficient (Wildman–Crippen LogP) is 3.77. The smallest absolute Gasteiger partial charge is 0.256 e. The van der Waals surface area contributed by atoms with E-state index in [1.165, 1.54) is 6.07 Å². The highest BCUT2D eigenvalue weighted by molar-refractivity contribution is 9.09. The summed E-state index contributed by atoms with van der Waals surface area (Å²) in [7, 11) is 1.72. The Bertz CT molecular complexity index is 409. The standard InChI is InChI=1S/C14H19BrFNO/c1-11-6-7-13(16)12(10-11)14(18)17(2)9-5-3-4-8-15/h6-7,10H,3-5,8-9H2,1-2H3. The molecule has 100 valence electrons. The van der Waals surface area contributed by atoms with Crippen LogP contribution in [0.25, 0.3) is 0 Å². The van der Waals surface area contributed by atoms with Crippen molar-refractivity contribution < 1.29 is 9.18 Å². The second-order valence-corrected chi connectivity index (χ2v) is 5.25. The molecule has 0 saturated heterocycles. The normalized spacial score (nSPS) is 10.4. The highest BCUT2D eigenvalue weighted by Crippen LogP contribution is 2.12. The number of halogens is 2. The van der Waals surface area contributed by atoms with Gasteiger partial charge < -0.3 is 4.90 Å². The molecule has 2 nitrogen and oxygen atoms in total. The number of amides is 1. The lowest BCUT2D eigenvalue weighted by atomic mass is 10.1. The first-order valence-electron chi connectivity index (χ1n) is 6.14. The molecule has 4 heteroatoms. The van der Waals surface area contributed by atoms with Gasteiger partial charge in [0.15, 0.2) is 0 Å². The molecule has 0 fully saturated rings. The van der Waals surface area contributed by atoms with E-state index in [0.29, 0.717) is 6.54 Å². The summed E-state index contributed by atoms with van der Waals surface area (Å²) in [6.45, 7) is 2.52. The SMILES string of the molecule is Cc1ccc(F)c(C(=O)N(C)CCCCCBr)c1. The zero-order valence-electron chi connectivity index (χ0n) is 10.9. The number of hydrogen-bond donors (Lipinski definition) is 0. The molecule has 0 aliphatic heterocycles. The van der Waals surface area contributed by atoms with Gasteiger partial charge in [-0.3, -0.25) is 4.79 Å². The molecule has 0 unspecified atom stereocenters. The molecular formula is C14H19BrFNO.